The molecular formula is C16H23N3O2S. The molecule has 0 bridgehead atoms. The molecule has 0 saturated heterocycles. The van der Waals surface area contributed by atoms with E-state index in [2.05, 4.69) is 27.1 Å². The van der Waals surface area contributed by atoms with E-state index in [9.17, 15) is 5.11 Å². The molecule has 0 fully saturated rings. The highest BCUT2D eigenvalue weighted by Crippen LogP contribution is 2.26. The molecule has 2 aromatic rings. The summed E-state index contributed by atoms with van der Waals surface area (Å²) >= 11 is 1.67. The first-order valence-electron chi connectivity index (χ1n) is 7.18. The Morgan fingerprint density at radius 3 is 2.73 bits per heavy atom. The van der Waals surface area contributed by atoms with E-state index in [1.165, 1.54) is 5.56 Å². The number of guanidine groups is 1. The molecule has 5 nitrogen and oxygen atoms in total. The van der Waals surface area contributed by atoms with Crippen molar-refractivity contribution in [3.63, 3.8) is 0 Å². The van der Waals surface area contributed by atoms with Crippen LogP contribution in [-0.4, -0.2) is 24.7 Å². The molecule has 0 aliphatic rings. The van der Waals surface area contributed by atoms with Crippen molar-refractivity contribution in [3.8, 4) is 0 Å². The molecule has 2 heterocycles. The lowest BCUT2D eigenvalue weighted by molar-refractivity contribution is 0.0602. The van der Waals surface area contributed by atoms with E-state index in [4.69, 9.17) is 4.42 Å². The Morgan fingerprint density at radius 2 is 2.18 bits per heavy atom. The largest absolute Gasteiger partial charge is 0.466 e. The molecule has 0 saturated carbocycles. The van der Waals surface area contributed by atoms with Gasteiger partial charge in [-0.3, -0.25) is 4.99 Å². The summed E-state index contributed by atoms with van der Waals surface area (Å²) in [5, 5.41) is 21.2. The first-order chi connectivity index (χ1) is 10.4. The van der Waals surface area contributed by atoms with E-state index in [0.29, 0.717) is 19.0 Å². The van der Waals surface area contributed by atoms with Crippen LogP contribution in [0.5, 0.6) is 0 Å². The van der Waals surface area contributed by atoms with Crippen molar-refractivity contribution >= 4 is 17.3 Å². The molecule has 0 aliphatic heterocycles. The van der Waals surface area contributed by atoms with Gasteiger partial charge < -0.3 is 20.2 Å². The van der Waals surface area contributed by atoms with Gasteiger partial charge in [-0.15, -0.1) is 0 Å². The average Bonchev–Trinajstić information content (AvgIpc) is 3.08. The summed E-state index contributed by atoms with van der Waals surface area (Å²) in [5.74, 6) is 2.20. The predicted molar refractivity (Wildman–Crippen MR) is 90.3 cm³/mol. The molecule has 1 unspecified atom stereocenters. The third-order valence-corrected chi connectivity index (χ3v) is 4.22. The van der Waals surface area contributed by atoms with Gasteiger partial charge >= 0.3 is 0 Å². The molecule has 0 amide bonds. The topological polar surface area (TPSA) is 69.8 Å². The monoisotopic (exact) mass is 321 g/mol. The second kappa shape index (κ2) is 6.98. The fourth-order valence-corrected chi connectivity index (χ4v) is 2.98. The minimum atomic E-state index is -1.03. The van der Waals surface area contributed by atoms with Crippen LogP contribution in [-0.2, 0) is 12.1 Å². The zero-order valence-electron chi connectivity index (χ0n) is 13.4. The van der Waals surface area contributed by atoms with Gasteiger partial charge in [0.15, 0.2) is 5.96 Å². The third-order valence-electron chi connectivity index (χ3n) is 3.48. The summed E-state index contributed by atoms with van der Waals surface area (Å²) < 4.78 is 5.50. The summed E-state index contributed by atoms with van der Waals surface area (Å²) in [6.07, 6.45) is 0. The summed E-state index contributed by atoms with van der Waals surface area (Å²) in [6.45, 7) is 6.55. The van der Waals surface area contributed by atoms with Crippen molar-refractivity contribution in [1.29, 1.82) is 0 Å². The quantitative estimate of drug-likeness (QED) is 0.585. The van der Waals surface area contributed by atoms with E-state index in [-0.39, 0.29) is 0 Å². The van der Waals surface area contributed by atoms with E-state index < -0.39 is 5.60 Å². The van der Waals surface area contributed by atoms with Gasteiger partial charge in [-0.2, -0.15) is 11.3 Å². The Morgan fingerprint density at radius 1 is 1.41 bits per heavy atom. The number of nitrogens with zero attached hydrogens (tertiary/aromatic N) is 1. The van der Waals surface area contributed by atoms with Crippen molar-refractivity contribution < 1.29 is 9.52 Å². The first kappa shape index (κ1) is 16.6. The van der Waals surface area contributed by atoms with E-state index >= 15 is 0 Å². The summed E-state index contributed by atoms with van der Waals surface area (Å²) in [7, 11) is 1.71. The molecule has 6 heteroatoms. The number of aliphatic imine (C=N–C) groups is 1. The highest BCUT2D eigenvalue weighted by Gasteiger charge is 2.27. The number of furan rings is 1. The molecule has 3 N–H and O–H groups in total. The minimum absolute atomic E-state index is 0.343. The van der Waals surface area contributed by atoms with Crippen molar-refractivity contribution in [3.05, 3.63) is 45.5 Å². The average molecular weight is 321 g/mol. The zero-order chi connectivity index (χ0) is 16.2. The van der Waals surface area contributed by atoms with E-state index in [0.717, 1.165) is 17.1 Å². The second-order valence-corrected chi connectivity index (χ2v) is 6.29. The van der Waals surface area contributed by atoms with Gasteiger partial charge in [0.05, 0.1) is 6.54 Å². The Hall–Kier alpha value is -1.79. The normalized spacial score (nSPS) is 14.7. The number of hydrogen-bond donors (Lipinski definition) is 3. The summed E-state index contributed by atoms with van der Waals surface area (Å²) in [5.41, 5.74) is 0.980. The molecule has 22 heavy (non-hydrogen) atoms. The van der Waals surface area contributed by atoms with Gasteiger partial charge in [0.2, 0.25) is 0 Å². The van der Waals surface area contributed by atoms with E-state index in [1.807, 2.05) is 25.3 Å². The van der Waals surface area contributed by atoms with Crippen LogP contribution in [0.25, 0.3) is 0 Å². The molecule has 0 spiro atoms. The van der Waals surface area contributed by atoms with Gasteiger partial charge in [0.25, 0.3) is 0 Å². The first-order valence-corrected chi connectivity index (χ1v) is 8.12. The van der Waals surface area contributed by atoms with Crippen LogP contribution in [0.2, 0.25) is 0 Å². The summed E-state index contributed by atoms with van der Waals surface area (Å²) in [4.78, 5) is 4.18. The lowest BCUT2D eigenvalue weighted by Gasteiger charge is -2.24. The lowest BCUT2D eigenvalue weighted by Crippen LogP contribution is -2.44. The highest BCUT2D eigenvalue weighted by molar-refractivity contribution is 7.07. The fraction of sp³-hybridized carbons (Fsp3) is 0.438. The SMILES string of the molecule is CN=C(NCc1ccsc1)NCC(C)(O)c1cc(C)oc1C. The van der Waals surface area contributed by atoms with Crippen molar-refractivity contribution in [2.45, 2.75) is 32.9 Å². The molecule has 2 rings (SSSR count). The maximum absolute atomic E-state index is 10.7. The lowest BCUT2D eigenvalue weighted by atomic mass is 9.96. The van der Waals surface area contributed by atoms with Crippen molar-refractivity contribution in [2.24, 2.45) is 4.99 Å². The molecule has 1 atom stereocenters. The Balaban J connectivity index is 1.93. The second-order valence-electron chi connectivity index (χ2n) is 5.51. The fourth-order valence-electron chi connectivity index (χ4n) is 2.32. The van der Waals surface area contributed by atoms with Gasteiger partial charge in [0, 0.05) is 19.2 Å². The highest BCUT2D eigenvalue weighted by atomic mass is 32.1. The Kier molecular flexibility index (Phi) is 5.26. The van der Waals surface area contributed by atoms with E-state index in [1.54, 1.807) is 25.3 Å². The summed E-state index contributed by atoms with van der Waals surface area (Å²) in [6, 6.07) is 3.94. The number of aliphatic hydroxyl groups is 1. The number of nitrogens with one attached hydrogen (secondary N) is 2. The standard InChI is InChI=1S/C16H23N3O2S/c1-11-7-14(12(2)21-11)16(3,20)10-19-15(17-4)18-8-13-5-6-22-9-13/h5-7,9,20H,8,10H2,1-4H3,(H2,17,18,19). The molecular weight excluding hydrogens is 298 g/mol. The van der Waals surface area contributed by atoms with Gasteiger partial charge in [-0.05, 0) is 49.2 Å². The number of rotatable bonds is 5. The van der Waals surface area contributed by atoms with Crippen LogP contribution in [0.4, 0.5) is 0 Å². The molecule has 120 valence electrons. The van der Waals surface area contributed by atoms with Gasteiger partial charge in [-0.1, -0.05) is 0 Å². The van der Waals surface area contributed by atoms with Crippen molar-refractivity contribution in [2.75, 3.05) is 13.6 Å². The van der Waals surface area contributed by atoms with Gasteiger partial charge in [-0.25, -0.2) is 0 Å². The van der Waals surface area contributed by atoms with Crippen LogP contribution in [0.15, 0.2) is 32.3 Å². The smallest absolute Gasteiger partial charge is 0.191 e. The van der Waals surface area contributed by atoms with Crippen LogP contribution < -0.4 is 10.6 Å². The number of thiophene rings is 1. The molecule has 0 aliphatic carbocycles. The molecule has 0 aromatic carbocycles. The van der Waals surface area contributed by atoms with Crippen LogP contribution in [0.3, 0.4) is 0 Å². The zero-order valence-corrected chi connectivity index (χ0v) is 14.3. The maximum atomic E-state index is 10.7. The van der Waals surface area contributed by atoms with Crippen LogP contribution in [0, 0.1) is 13.8 Å². The van der Waals surface area contributed by atoms with Crippen LogP contribution >= 0.6 is 11.3 Å². The third kappa shape index (κ3) is 4.11. The maximum Gasteiger partial charge on any atom is 0.191 e. The predicted octanol–water partition coefficient (Wildman–Crippen LogP) is 2.53. The van der Waals surface area contributed by atoms with Crippen molar-refractivity contribution in [1.82, 2.24) is 10.6 Å². The Bertz CT molecular complexity index is 630. The molecule has 0 radical (unpaired) electrons. The number of aryl methyl sites for hydroxylation is 2. The Labute approximate surface area is 135 Å². The number of hydrogen-bond acceptors (Lipinski definition) is 4. The van der Waals surface area contributed by atoms with Gasteiger partial charge in [0.1, 0.15) is 17.1 Å². The van der Waals surface area contributed by atoms with Crippen LogP contribution in [0.1, 0.15) is 29.6 Å². The molecule has 2 aromatic heterocycles. The minimum Gasteiger partial charge on any atom is -0.466 e.